The smallest absolute Gasteiger partial charge is 0.128 e. The molecule has 0 aliphatic carbocycles. The number of nitrogens with two attached hydrogens (primary N) is 1. The molecule has 1 aliphatic heterocycles. The molecule has 3 heteroatoms. The van der Waals surface area contributed by atoms with Gasteiger partial charge in [0, 0.05) is 23.7 Å². The molecule has 2 heterocycles. The molecule has 0 bridgehead atoms. The van der Waals surface area contributed by atoms with Crippen molar-refractivity contribution in [1.82, 2.24) is 4.57 Å². The van der Waals surface area contributed by atoms with Crippen LogP contribution in [0.4, 0.5) is 0 Å². The van der Waals surface area contributed by atoms with Crippen LogP contribution in [-0.4, -0.2) is 11.7 Å². The van der Waals surface area contributed by atoms with Crippen LogP contribution in [0.25, 0.3) is 10.9 Å². The highest BCUT2D eigenvalue weighted by Gasteiger charge is 2.22. The van der Waals surface area contributed by atoms with Gasteiger partial charge in [0.15, 0.2) is 0 Å². The monoisotopic (exact) mass is 202 g/mol. The van der Waals surface area contributed by atoms with Gasteiger partial charge in [0.2, 0.25) is 0 Å². The zero-order valence-electron chi connectivity index (χ0n) is 8.73. The highest BCUT2D eigenvalue weighted by Crippen LogP contribution is 2.35. The second-order valence-electron chi connectivity index (χ2n) is 4.01. The minimum atomic E-state index is 0.183. The first kappa shape index (κ1) is 8.80. The lowest BCUT2D eigenvalue weighted by atomic mass is 10.1. The van der Waals surface area contributed by atoms with E-state index in [1.54, 1.807) is 7.11 Å². The predicted octanol–water partition coefficient (Wildman–Crippen LogP) is 2.05. The van der Waals surface area contributed by atoms with E-state index in [2.05, 4.69) is 16.7 Å². The van der Waals surface area contributed by atoms with E-state index in [4.69, 9.17) is 10.5 Å². The van der Waals surface area contributed by atoms with Crippen molar-refractivity contribution in [3.05, 3.63) is 30.0 Å². The number of ether oxygens (including phenoxy) is 1. The van der Waals surface area contributed by atoms with Crippen LogP contribution in [0.3, 0.4) is 0 Å². The zero-order chi connectivity index (χ0) is 10.4. The molecule has 15 heavy (non-hydrogen) atoms. The Bertz CT molecular complexity index is 516. The number of rotatable bonds is 1. The highest BCUT2D eigenvalue weighted by atomic mass is 16.5. The van der Waals surface area contributed by atoms with Crippen molar-refractivity contribution in [1.29, 1.82) is 0 Å². The molecule has 1 unspecified atom stereocenters. The number of fused-ring (bicyclic) bond motifs is 3. The van der Waals surface area contributed by atoms with Crippen LogP contribution in [-0.2, 0) is 6.54 Å². The van der Waals surface area contributed by atoms with Gasteiger partial charge in [0.25, 0.3) is 0 Å². The molecular formula is C12H14N2O. The Morgan fingerprint density at radius 2 is 2.33 bits per heavy atom. The summed E-state index contributed by atoms with van der Waals surface area (Å²) in [5.41, 5.74) is 8.50. The van der Waals surface area contributed by atoms with Crippen LogP contribution < -0.4 is 10.5 Å². The molecule has 1 aromatic heterocycles. The number of hydrogen-bond donors (Lipinski definition) is 1. The Kier molecular flexibility index (Phi) is 1.76. The van der Waals surface area contributed by atoms with Gasteiger partial charge in [0.05, 0.1) is 12.6 Å². The molecule has 1 atom stereocenters. The number of aryl methyl sites for hydroxylation is 1. The fourth-order valence-corrected chi connectivity index (χ4v) is 2.43. The number of nitrogens with zero attached hydrogens (tertiary/aromatic N) is 1. The normalized spacial score (nSPS) is 19.5. The van der Waals surface area contributed by atoms with E-state index in [0.717, 1.165) is 18.7 Å². The Balaban J connectivity index is 2.33. The zero-order valence-corrected chi connectivity index (χ0v) is 8.73. The van der Waals surface area contributed by atoms with Crippen LogP contribution in [0.15, 0.2) is 24.3 Å². The molecule has 0 saturated carbocycles. The topological polar surface area (TPSA) is 40.2 Å². The Morgan fingerprint density at radius 1 is 1.47 bits per heavy atom. The molecule has 1 aromatic carbocycles. The first-order chi connectivity index (χ1) is 7.31. The van der Waals surface area contributed by atoms with E-state index >= 15 is 0 Å². The first-order valence-corrected chi connectivity index (χ1v) is 5.23. The number of methoxy groups -OCH3 is 1. The maximum atomic E-state index is 6.04. The summed E-state index contributed by atoms with van der Waals surface area (Å²) in [7, 11) is 1.71. The van der Waals surface area contributed by atoms with E-state index in [1.165, 1.54) is 16.6 Å². The summed E-state index contributed by atoms with van der Waals surface area (Å²) in [4.78, 5) is 0. The highest BCUT2D eigenvalue weighted by molar-refractivity contribution is 5.87. The van der Waals surface area contributed by atoms with E-state index in [1.807, 2.05) is 12.1 Å². The standard InChI is InChI=1S/C12H14N2O/c1-15-12-4-2-3-10-8(12)7-11-9(13)5-6-14(10)11/h2-4,7,9H,5-6,13H2,1H3. The van der Waals surface area contributed by atoms with Gasteiger partial charge in [-0.3, -0.25) is 0 Å². The first-order valence-electron chi connectivity index (χ1n) is 5.23. The van der Waals surface area contributed by atoms with Crippen LogP contribution in [0.1, 0.15) is 18.2 Å². The fraction of sp³-hybridized carbons (Fsp3) is 0.333. The average Bonchev–Trinajstić information content (AvgIpc) is 2.79. The van der Waals surface area contributed by atoms with Crippen LogP contribution in [0.5, 0.6) is 5.75 Å². The summed E-state index contributed by atoms with van der Waals surface area (Å²) < 4.78 is 7.64. The fourth-order valence-electron chi connectivity index (χ4n) is 2.43. The molecule has 0 saturated heterocycles. The summed E-state index contributed by atoms with van der Waals surface area (Å²) in [5, 5.41) is 1.17. The summed E-state index contributed by atoms with van der Waals surface area (Å²) in [5.74, 6) is 0.932. The second-order valence-corrected chi connectivity index (χ2v) is 4.01. The Labute approximate surface area is 88.4 Å². The molecular weight excluding hydrogens is 188 g/mol. The van der Waals surface area contributed by atoms with Crippen LogP contribution >= 0.6 is 0 Å². The van der Waals surface area contributed by atoms with Crippen LogP contribution in [0, 0.1) is 0 Å². The van der Waals surface area contributed by atoms with Gasteiger partial charge in [-0.15, -0.1) is 0 Å². The van der Waals surface area contributed by atoms with Crippen molar-refractivity contribution in [3.63, 3.8) is 0 Å². The molecule has 0 fully saturated rings. The summed E-state index contributed by atoms with van der Waals surface area (Å²) in [6, 6.07) is 8.48. The van der Waals surface area contributed by atoms with Crippen LogP contribution in [0.2, 0.25) is 0 Å². The van der Waals surface area contributed by atoms with Crippen molar-refractivity contribution in [2.75, 3.05) is 7.11 Å². The average molecular weight is 202 g/mol. The van der Waals surface area contributed by atoms with Crippen molar-refractivity contribution < 1.29 is 4.74 Å². The summed E-state index contributed by atoms with van der Waals surface area (Å²) >= 11 is 0. The molecule has 3 rings (SSSR count). The number of aromatic nitrogens is 1. The Morgan fingerprint density at radius 3 is 3.13 bits per heavy atom. The van der Waals surface area contributed by atoms with Gasteiger partial charge in [-0.25, -0.2) is 0 Å². The minimum Gasteiger partial charge on any atom is -0.496 e. The molecule has 0 radical (unpaired) electrons. The van der Waals surface area contributed by atoms with E-state index in [0.29, 0.717) is 0 Å². The van der Waals surface area contributed by atoms with Crippen molar-refractivity contribution in [2.24, 2.45) is 5.73 Å². The van der Waals surface area contributed by atoms with Gasteiger partial charge in [0.1, 0.15) is 5.75 Å². The number of hydrogen-bond acceptors (Lipinski definition) is 2. The molecule has 1 aliphatic rings. The Hall–Kier alpha value is -1.48. The second kappa shape index (κ2) is 3.00. The SMILES string of the molecule is COc1cccc2c1cc1n2CCC1N. The van der Waals surface area contributed by atoms with Gasteiger partial charge in [-0.05, 0) is 24.6 Å². The largest absolute Gasteiger partial charge is 0.496 e. The molecule has 2 N–H and O–H groups in total. The van der Waals surface area contributed by atoms with E-state index in [9.17, 15) is 0 Å². The van der Waals surface area contributed by atoms with Gasteiger partial charge < -0.3 is 15.0 Å². The predicted molar refractivity (Wildman–Crippen MR) is 60.0 cm³/mol. The quantitative estimate of drug-likeness (QED) is 0.768. The molecule has 3 nitrogen and oxygen atoms in total. The molecule has 0 amide bonds. The third-order valence-electron chi connectivity index (χ3n) is 3.20. The molecule has 0 spiro atoms. The molecule has 78 valence electrons. The van der Waals surface area contributed by atoms with Gasteiger partial charge in [-0.1, -0.05) is 6.07 Å². The van der Waals surface area contributed by atoms with E-state index in [-0.39, 0.29) is 6.04 Å². The van der Waals surface area contributed by atoms with E-state index < -0.39 is 0 Å². The maximum absolute atomic E-state index is 6.04. The van der Waals surface area contributed by atoms with Crippen molar-refractivity contribution in [2.45, 2.75) is 19.0 Å². The lowest BCUT2D eigenvalue weighted by Crippen LogP contribution is -2.04. The van der Waals surface area contributed by atoms with Crippen molar-refractivity contribution >= 4 is 10.9 Å². The van der Waals surface area contributed by atoms with Gasteiger partial charge in [-0.2, -0.15) is 0 Å². The lowest BCUT2D eigenvalue weighted by molar-refractivity contribution is 0.420. The summed E-state index contributed by atoms with van der Waals surface area (Å²) in [6.45, 7) is 1.02. The summed E-state index contributed by atoms with van der Waals surface area (Å²) in [6.07, 6.45) is 1.04. The maximum Gasteiger partial charge on any atom is 0.128 e. The van der Waals surface area contributed by atoms with Gasteiger partial charge >= 0.3 is 0 Å². The number of benzene rings is 1. The van der Waals surface area contributed by atoms with Crippen molar-refractivity contribution in [3.8, 4) is 5.75 Å². The molecule has 2 aromatic rings. The third-order valence-corrected chi connectivity index (χ3v) is 3.20. The third kappa shape index (κ3) is 1.10. The minimum absolute atomic E-state index is 0.183. The lowest BCUT2D eigenvalue weighted by Gasteiger charge is -2.03.